The second-order valence-electron chi connectivity index (χ2n) is 7.84. The molecule has 1 N–H and O–H groups in total. The van der Waals surface area contributed by atoms with Crippen LogP contribution in [0.1, 0.15) is 24.0 Å². The fourth-order valence-corrected chi connectivity index (χ4v) is 4.87. The number of rotatable bonds is 9. The topological polar surface area (TPSA) is 58.6 Å². The lowest BCUT2D eigenvalue weighted by Crippen LogP contribution is -2.29. The Morgan fingerprint density at radius 1 is 1.06 bits per heavy atom. The van der Waals surface area contributed by atoms with Crippen molar-refractivity contribution in [2.24, 2.45) is 0 Å². The van der Waals surface area contributed by atoms with Crippen molar-refractivity contribution in [2.75, 3.05) is 11.9 Å². The van der Waals surface area contributed by atoms with Gasteiger partial charge in [-0.2, -0.15) is 0 Å². The van der Waals surface area contributed by atoms with E-state index in [4.69, 9.17) is 28.6 Å². The average molecular weight is 523 g/mol. The van der Waals surface area contributed by atoms with Crippen LogP contribution < -0.4 is 10.1 Å². The van der Waals surface area contributed by atoms with Crippen LogP contribution in [0.3, 0.4) is 0 Å². The molecule has 1 heterocycles. The van der Waals surface area contributed by atoms with Crippen LogP contribution in [0.2, 0.25) is 5.02 Å². The number of hydrogen-bond acceptors (Lipinski definition) is 5. The van der Waals surface area contributed by atoms with E-state index in [1.807, 2.05) is 60.7 Å². The largest absolute Gasteiger partial charge is 0.489 e. The van der Waals surface area contributed by atoms with Crippen molar-refractivity contribution in [2.45, 2.75) is 19.4 Å². The fourth-order valence-electron chi connectivity index (χ4n) is 3.43. The number of amides is 2. The number of halogens is 1. The molecule has 35 heavy (non-hydrogen) atoms. The van der Waals surface area contributed by atoms with Crippen LogP contribution in [-0.4, -0.2) is 27.6 Å². The fraction of sp³-hybridized carbons (Fsp3) is 0.148. The van der Waals surface area contributed by atoms with Gasteiger partial charge in [-0.25, -0.2) is 0 Å². The van der Waals surface area contributed by atoms with Gasteiger partial charge in [0.05, 0.1) is 4.91 Å². The maximum absolute atomic E-state index is 12.9. The first-order chi connectivity index (χ1) is 17.0. The summed E-state index contributed by atoms with van der Waals surface area (Å²) in [6.45, 7) is 0.855. The van der Waals surface area contributed by atoms with Gasteiger partial charge < -0.3 is 10.1 Å². The normalized spacial score (nSPS) is 14.4. The van der Waals surface area contributed by atoms with Crippen LogP contribution in [-0.2, 0) is 16.2 Å². The van der Waals surface area contributed by atoms with Gasteiger partial charge in [0.25, 0.3) is 5.91 Å². The van der Waals surface area contributed by atoms with Crippen molar-refractivity contribution in [1.82, 2.24) is 4.90 Å². The van der Waals surface area contributed by atoms with E-state index in [9.17, 15) is 9.59 Å². The molecule has 178 valence electrons. The minimum atomic E-state index is -0.145. The highest BCUT2D eigenvalue weighted by Crippen LogP contribution is 2.33. The summed E-state index contributed by atoms with van der Waals surface area (Å²) < 4.78 is 6.38. The molecule has 1 aliphatic heterocycles. The van der Waals surface area contributed by atoms with Crippen LogP contribution in [0.5, 0.6) is 5.75 Å². The second kappa shape index (κ2) is 12.0. The third-order valence-electron chi connectivity index (χ3n) is 5.19. The van der Waals surface area contributed by atoms with Gasteiger partial charge in [-0.15, -0.1) is 0 Å². The number of nitrogens with one attached hydrogen (secondary N) is 1. The number of carbonyl (C=O) groups is 2. The van der Waals surface area contributed by atoms with Gasteiger partial charge in [0.15, 0.2) is 0 Å². The van der Waals surface area contributed by atoms with E-state index in [0.717, 1.165) is 16.9 Å². The molecule has 1 aliphatic rings. The molecule has 0 atom stereocenters. The summed E-state index contributed by atoms with van der Waals surface area (Å²) in [7, 11) is 0. The number of benzene rings is 3. The molecule has 0 aliphatic carbocycles. The molecule has 1 fully saturated rings. The monoisotopic (exact) mass is 522 g/mol. The van der Waals surface area contributed by atoms with Gasteiger partial charge in [-0.1, -0.05) is 78.0 Å². The lowest BCUT2D eigenvalue weighted by Gasteiger charge is -2.14. The summed E-state index contributed by atoms with van der Waals surface area (Å²) in [6.07, 6.45) is 2.60. The molecule has 0 bridgehead atoms. The number of anilines is 1. The number of hydrogen-bond donors (Lipinski definition) is 1. The number of ether oxygens (including phenoxy) is 1. The second-order valence-corrected chi connectivity index (χ2v) is 9.95. The van der Waals surface area contributed by atoms with Crippen molar-refractivity contribution in [1.29, 1.82) is 0 Å². The Hall–Kier alpha value is -3.13. The molecule has 2 amide bonds. The van der Waals surface area contributed by atoms with Gasteiger partial charge in [-0.05, 0) is 60.0 Å². The summed E-state index contributed by atoms with van der Waals surface area (Å²) in [5.74, 6) is 0.458. The molecule has 5 nitrogen and oxygen atoms in total. The first kappa shape index (κ1) is 25.0. The Morgan fingerprint density at radius 3 is 2.60 bits per heavy atom. The quantitative estimate of drug-likeness (QED) is 0.255. The zero-order chi connectivity index (χ0) is 24.6. The average Bonchev–Trinajstić information content (AvgIpc) is 3.12. The predicted molar refractivity (Wildman–Crippen MR) is 146 cm³/mol. The van der Waals surface area contributed by atoms with E-state index in [1.165, 1.54) is 11.8 Å². The van der Waals surface area contributed by atoms with E-state index in [-0.39, 0.29) is 18.2 Å². The first-order valence-corrected chi connectivity index (χ1v) is 12.7. The maximum Gasteiger partial charge on any atom is 0.266 e. The van der Waals surface area contributed by atoms with E-state index < -0.39 is 0 Å². The lowest BCUT2D eigenvalue weighted by atomic mass is 10.2. The van der Waals surface area contributed by atoms with E-state index >= 15 is 0 Å². The Labute approximate surface area is 219 Å². The molecular weight excluding hydrogens is 500 g/mol. The zero-order valence-corrected chi connectivity index (χ0v) is 21.2. The summed E-state index contributed by atoms with van der Waals surface area (Å²) in [5, 5.41) is 3.43. The van der Waals surface area contributed by atoms with Gasteiger partial charge in [0.2, 0.25) is 5.91 Å². The number of thiocarbonyl (C=S) groups is 1. The smallest absolute Gasteiger partial charge is 0.266 e. The van der Waals surface area contributed by atoms with Crippen LogP contribution in [0, 0.1) is 0 Å². The van der Waals surface area contributed by atoms with Crippen molar-refractivity contribution in [3.8, 4) is 5.75 Å². The highest BCUT2D eigenvalue weighted by atomic mass is 35.5. The van der Waals surface area contributed by atoms with Crippen molar-refractivity contribution in [3.05, 3.63) is 99.9 Å². The highest BCUT2D eigenvalue weighted by molar-refractivity contribution is 8.26. The molecule has 3 aromatic rings. The third-order valence-corrected chi connectivity index (χ3v) is 6.82. The number of carbonyl (C=O) groups excluding carboxylic acids is 2. The molecule has 0 unspecified atom stereocenters. The minimum absolute atomic E-state index is 0.124. The van der Waals surface area contributed by atoms with Crippen molar-refractivity contribution < 1.29 is 14.3 Å². The molecule has 0 aromatic heterocycles. The van der Waals surface area contributed by atoms with Crippen molar-refractivity contribution >= 4 is 63.5 Å². The van der Waals surface area contributed by atoms with Crippen LogP contribution in [0.15, 0.2) is 83.8 Å². The Bertz CT molecular complexity index is 1250. The standard InChI is InChI=1S/C27H23ClN2O3S2/c28-21-11-13-22(14-12-21)29-25(31)10-5-15-30-26(32)24(35-27(30)34)17-20-8-4-9-23(16-20)33-18-19-6-2-1-3-7-19/h1-4,6-9,11-14,16-17H,5,10,15,18H2,(H,29,31)/b24-17-. The summed E-state index contributed by atoms with van der Waals surface area (Å²) in [6, 6.07) is 24.5. The molecule has 8 heteroatoms. The maximum atomic E-state index is 12.9. The third kappa shape index (κ3) is 7.18. The Kier molecular flexibility index (Phi) is 8.58. The Morgan fingerprint density at radius 2 is 1.83 bits per heavy atom. The minimum Gasteiger partial charge on any atom is -0.489 e. The Balaban J connectivity index is 1.30. The van der Waals surface area contributed by atoms with E-state index in [0.29, 0.717) is 39.5 Å². The molecule has 0 saturated carbocycles. The lowest BCUT2D eigenvalue weighted by molar-refractivity contribution is -0.122. The number of thioether (sulfide) groups is 1. The van der Waals surface area contributed by atoms with Gasteiger partial charge in [-0.3, -0.25) is 14.5 Å². The molecular formula is C27H23ClN2O3S2. The van der Waals surface area contributed by atoms with Gasteiger partial charge >= 0.3 is 0 Å². The SMILES string of the molecule is O=C(CCCN1C(=O)/C(=C/c2cccc(OCc3ccccc3)c2)SC1=S)Nc1ccc(Cl)cc1. The number of nitrogens with zero attached hydrogens (tertiary/aromatic N) is 1. The molecule has 3 aromatic carbocycles. The van der Waals surface area contributed by atoms with Crippen LogP contribution >= 0.6 is 35.6 Å². The predicted octanol–water partition coefficient (Wildman–Crippen LogP) is 6.54. The zero-order valence-electron chi connectivity index (χ0n) is 18.8. The van der Waals surface area contributed by atoms with Crippen LogP contribution in [0.25, 0.3) is 6.08 Å². The molecule has 1 saturated heterocycles. The molecule has 4 rings (SSSR count). The van der Waals surface area contributed by atoms with Gasteiger partial charge in [0, 0.05) is 23.7 Å². The molecule has 0 radical (unpaired) electrons. The summed E-state index contributed by atoms with van der Waals surface area (Å²) in [5.41, 5.74) is 2.63. The first-order valence-electron chi connectivity index (χ1n) is 11.1. The molecule has 0 spiro atoms. The van der Waals surface area contributed by atoms with Crippen molar-refractivity contribution in [3.63, 3.8) is 0 Å². The van der Waals surface area contributed by atoms with Crippen LogP contribution in [0.4, 0.5) is 5.69 Å². The van der Waals surface area contributed by atoms with Gasteiger partial charge in [0.1, 0.15) is 16.7 Å². The van der Waals surface area contributed by atoms with E-state index in [1.54, 1.807) is 29.2 Å². The highest BCUT2D eigenvalue weighted by Gasteiger charge is 2.31. The summed E-state index contributed by atoms with van der Waals surface area (Å²) >= 11 is 12.6. The summed E-state index contributed by atoms with van der Waals surface area (Å²) in [4.78, 5) is 27.2. The van der Waals surface area contributed by atoms with E-state index in [2.05, 4.69) is 5.32 Å².